The van der Waals surface area contributed by atoms with E-state index in [0.29, 0.717) is 23.2 Å². The van der Waals surface area contributed by atoms with Gasteiger partial charge in [0.2, 0.25) is 5.82 Å². The molecule has 7 heteroatoms. The van der Waals surface area contributed by atoms with Gasteiger partial charge in [-0.1, -0.05) is 24.3 Å². The van der Waals surface area contributed by atoms with Gasteiger partial charge in [0.25, 0.3) is 11.8 Å². The van der Waals surface area contributed by atoms with Gasteiger partial charge >= 0.3 is 0 Å². The van der Waals surface area contributed by atoms with Crippen LogP contribution < -0.4 is 5.32 Å². The van der Waals surface area contributed by atoms with Crippen LogP contribution in [0.5, 0.6) is 0 Å². The molecule has 1 aliphatic rings. The number of aromatic nitrogens is 2. The van der Waals surface area contributed by atoms with E-state index in [0.717, 1.165) is 25.9 Å². The number of imidazole rings is 1. The first-order chi connectivity index (χ1) is 13.6. The Morgan fingerprint density at radius 1 is 1.07 bits per heavy atom. The van der Waals surface area contributed by atoms with Crippen molar-refractivity contribution in [2.45, 2.75) is 19.3 Å². The normalized spacial score (nSPS) is 13.8. The van der Waals surface area contributed by atoms with Crippen LogP contribution >= 0.6 is 0 Å². The maximum Gasteiger partial charge on any atom is 0.287 e. The van der Waals surface area contributed by atoms with Gasteiger partial charge in [-0.3, -0.25) is 14.0 Å². The molecule has 3 aromatic rings. The first-order valence-corrected chi connectivity index (χ1v) is 9.43. The summed E-state index contributed by atoms with van der Waals surface area (Å²) < 4.78 is 15.3. The van der Waals surface area contributed by atoms with E-state index in [9.17, 15) is 14.0 Å². The number of rotatable bonds is 5. The average molecular weight is 380 g/mol. The minimum atomic E-state index is -0.391. The molecule has 0 saturated carbocycles. The number of hydrogen-bond acceptors (Lipinski definition) is 3. The number of carbonyl (C=O) groups excluding carboxylic acids is 2. The Balaban J connectivity index is 1.53. The highest BCUT2D eigenvalue weighted by atomic mass is 19.1. The number of likely N-dealkylation sites (tertiary alicyclic amines) is 1. The molecule has 1 aliphatic heterocycles. The molecule has 0 atom stereocenters. The topological polar surface area (TPSA) is 66.7 Å². The minimum absolute atomic E-state index is 0.147. The second kappa shape index (κ2) is 7.80. The van der Waals surface area contributed by atoms with E-state index in [1.54, 1.807) is 45.8 Å². The summed E-state index contributed by atoms with van der Waals surface area (Å²) in [7, 11) is 0. The third-order valence-electron chi connectivity index (χ3n) is 4.99. The second-order valence-corrected chi connectivity index (χ2v) is 6.84. The number of nitrogens with zero attached hydrogens (tertiary/aromatic N) is 3. The van der Waals surface area contributed by atoms with Crippen LogP contribution in [-0.4, -0.2) is 45.7 Å². The Morgan fingerprint density at radius 2 is 1.82 bits per heavy atom. The SMILES string of the molecule is O=C(NCCc1ccccc1F)c1nc(C(=O)N2CCCC2)c2ccccn12. The Morgan fingerprint density at radius 3 is 2.61 bits per heavy atom. The van der Waals surface area contributed by atoms with E-state index in [2.05, 4.69) is 10.3 Å². The van der Waals surface area contributed by atoms with Gasteiger partial charge in [0.05, 0.1) is 5.52 Å². The van der Waals surface area contributed by atoms with E-state index in [-0.39, 0.29) is 24.1 Å². The number of benzene rings is 1. The van der Waals surface area contributed by atoms with Crippen molar-refractivity contribution in [3.63, 3.8) is 0 Å². The summed E-state index contributed by atoms with van der Waals surface area (Å²) in [5, 5.41) is 2.77. The highest BCUT2D eigenvalue weighted by Crippen LogP contribution is 2.18. The Bertz CT molecular complexity index is 1020. The summed E-state index contributed by atoms with van der Waals surface area (Å²) in [6.45, 7) is 1.71. The zero-order valence-corrected chi connectivity index (χ0v) is 15.4. The van der Waals surface area contributed by atoms with Crippen molar-refractivity contribution < 1.29 is 14.0 Å². The van der Waals surface area contributed by atoms with Gasteiger partial charge in [0.1, 0.15) is 5.82 Å². The lowest BCUT2D eigenvalue weighted by atomic mass is 10.1. The number of amides is 2. The smallest absolute Gasteiger partial charge is 0.287 e. The highest BCUT2D eigenvalue weighted by molar-refractivity contribution is 6.02. The molecule has 0 radical (unpaired) electrons. The van der Waals surface area contributed by atoms with Crippen LogP contribution in [0, 0.1) is 5.82 Å². The van der Waals surface area contributed by atoms with Crippen molar-refractivity contribution in [3.8, 4) is 0 Å². The van der Waals surface area contributed by atoms with Crippen molar-refractivity contribution in [1.29, 1.82) is 0 Å². The molecular weight excluding hydrogens is 359 g/mol. The largest absolute Gasteiger partial charge is 0.349 e. The fourth-order valence-corrected chi connectivity index (χ4v) is 3.52. The van der Waals surface area contributed by atoms with Gasteiger partial charge in [-0.05, 0) is 43.0 Å². The van der Waals surface area contributed by atoms with E-state index in [4.69, 9.17) is 0 Å². The van der Waals surface area contributed by atoms with Crippen molar-refractivity contribution in [1.82, 2.24) is 19.6 Å². The summed E-state index contributed by atoms with van der Waals surface area (Å²) >= 11 is 0. The lowest BCUT2D eigenvalue weighted by Crippen LogP contribution is -2.29. The van der Waals surface area contributed by atoms with Crippen molar-refractivity contribution >= 4 is 17.3 Å². The highest BCUT2D eigenvalue weighted by Gasteiger charge is 2.26. The molecular formula is C21H21FN4O2. The van der Waals surface area contributed by atoms with Gasteiger partial charge in [0, 0.05) is 25.8 Å². The fourth-order valence-electron chi connectivity index (χ4n) is 3.52. The van der Waals surface area contributed by atoms with Crippen LogP contribution in [0.25, 0.3) is 5.52 Å². The third kappa shape index (κ3) is 3.47. The molecule has 2 aromatic heterocycles. The third-order valence-corrected chi connectivity index (χ3v) is 4.99. The van der Waals surface area contributed by atoms with Gasteiger partial charge in [0.15, 0.2) is 5.69 Å². The molecule has 4 rings (SSSR count). The number of halogens is 1. The van der Waals surface area contributed by atoms with Gasteiger partial charge in [-0.2, -0.15) is 0 Å². The number of fused-ring (bicyclic) bond motifs is 1. The number of carbonyl (C=O) groups is 2. The summed E-state index contributed by atoms with van der Waals surface area (Å²) in [5.41, 5.74) is 1.45. The number of pyridine rings is 1. The van der Waals surface area contributed by atoms with Crippen LogP contribution in [0.4, 0.5) is 4.39 Å². The quantitative estimate of drug-likeness (QED) is 0.740. The molecule has 6 nitrogen and oxygen atoms in total. The Kier molecular flexibility index (Phi) is 5.06. The monoisotopic (exact) mass is 380 g/mol. The average Bonchev–Trinajstić information content (AvgIpc) is 3.37. The van der Waals surface area contributed by atoms with Gasteiger partial charge < -0.3 is 10.2 Å². The van der Waals surface area contributed by atoms with Crippen molar-refractivity contribution in [2.75, 3.05) is 19.6 Å². The molecule has 3 heterocycles. The van der Waals surface area contributed by atoms with E-state index < -0.39 is 5.91 Å². The number of nitrogens with one attached hydrogen (secondary N) is 1. The van der Waals surface area contributed by atoms with Crippen LogP contribution in [-0.2, 0) is 6.42 Å². The molecule has 1 N–H and O–H groups in total. The fraction of sp³-hybridized carbons (Fsp3) is 0.286. The lowest BCUT2D eigenvalue weighted by molar-refractivity contribution is 0.0789. The molecule has 0 spiro atoms. The number of hydrogen-bond donors (Lipinski definition) is 1. The van der Waals surface area contributed by atoms with E-state index in [1.165, 1.54) is 6.07 Å². The van der Waals surface area contributed by atoms with E-state index in [1.807, 2.05) is 6.07 Å². The molecule has 1 aromatic carbocycles. The zero-order chi connectivity index (χ0) is 19.5. The minimum Gasteiger partial charge on any atom is -0.349 e. The molecule has 0 aliphatic carbocycles. The van der Waals surface area contributed by atoms with E-state index >= 15 is 0 Å². The maximum absolute atomic E-state index is 13.7. The van der Waals surface area contributed by atoms with Crippen molar-refractivity contribution in [3.05, 3.63) is 71.6 Å². The Labute approximate surface area is 162 Å². The van der Waals surface area contributed by atoms with Crippen LogP contribution in [0.3, 0.4) is 0 Å². The molecule has 0 unspecified atom stereocenters. The molecule has 28 heavy (non-hydrogen) atoms. The molecule has 2 amide bonds. The van der Waals surface area contributed by atoms with Crippen LogP contribution in [0.15, 0.2) is 48.7 Å². The second-order valence-electron chi connectivity index (χ2n) is 6.84. The molecule has 0 bridgehead atoms. The molecule has 1 fully saturated rings. The predicted molar refractivity (Wildman–Crippen MR) is 103 cm³/mol. The lowest BCUT2D eigenvalue weighted by Gasteiger charge is -2.13. The molecule has 1 saturated heterocycles. The van der Waals surface area contributed by atoms with Crippen LogP contribution in [0.1, 0.15) is 39.5 Å². The Hall–Kier alpha value is -3.22. The summed E-state index contributed by atoms with van der Waals surface area (Å²) in [5.74, 6) is -0.669. The summed E-state index contributed by atoms with van der Waals surface area (Å²) in [4.78, 5) is 31.6. The maximum atomic E-state index is 13.7. The van der Waals surface area contributed by atoms with Gasteiger partial charge in [-0.25, -0.2) is 9.37 Å². The van der Waals surface area contributed by atoms with Crippen molar-refractivity contribution in [2.24, 2.45) is 0 Å². The first-order valence-electron chi connectivity index (χ1n) is 9.43. The summed E-state index contributed by atoms with van der Waals surface area (Å²) in [6, 6.07) is 11.9. The van der Waals surface area contributed by atoms with Crippen LogP contribution in [0.2, 0.25) is 0 Å². The molecule has 144 valence electrons. The standard InChI is InChI=1S/C21H21FN4O2/c22-16-8-2-1-7-15(16)10-11-23-20(27)19-24-18(17-9-3-4-14-26(17)19)21(28)25-12-5-6-13-25/h1-4,7-9,14H,5-6,10-13H2,(H,23,27). The summed E-state index contributed by atoms with van der Waals surface area (Å²) in [6.07, 6.45) is 4.07. The van der Waals surface area contributed by atoms with Gasteiger partial charge in [-0.15, -0.1) is 0 Å². The first kappa shape index (κ1) is 18.2. The zero-order valence-electron chi connectivity index (χ0n) is 15.4. The predicted octanol–water partition coefficient (Wildman–Crippen LogP) is 2.68.